The van der Waals surface area contributed by atoms with Gasteiger partial charge in [-0.1, -0.05) is 22.9 Å². The normalized spacial score (nSPS) is 11.4. The maximum Gasteiger partial charge on any atom is 0.239 e. The zero-order valence-corrected chi connectivity index (χ0v) is 10.6. The minimum absolute atomic E-state index is 0.199. The van der Waals surface area contributed by atoms with Crippen molar-refractivity contribution in [2.24, 2.45) is 5.10 Å². The lowest BCUT2D eigenvalue weighted by Gasteiger charge is -2.04. The largest absolute Gasteiger partial charge is 0.273 e. The highest BCUT2D eigenvalue weighted by atomic mass is 79.9. The van der Waals surface area contributed by atoms with E-state index in [1.54, 1.807) is 26.0 Å². The van der Waals surface area contributed by atoms with E-state index >= 15 is 0 Å². The van der Waals surface area contributed by atoms with Crippen molar-refractivity contribution >= 4 is 27.5 Å². The van der Waals surface area contributed by atoms with Gasteiger partial charge in [0.25, 0.3) is 0 Å². The molecule has 5 heteroatoms. The zero-order valence-electron chi connectivity index (χ0n) is 9.05. The van der Waals surface area contributed by atoms with Crippen LogP contribution in [0.2, 0.25) is 0 Å². The molecule has 1 aromatic carbocycles. The third-order valence-electron chi connectivity index (χ3n) is 1.99. The van der Waals surface area contributed by atoms with Gasteiger partial charge in [-0.15, -0.1) is 0 Å². The fourth-order valence-corrected chi connectivity index (χ4v) is 1.42. The molecule has 3 nitrogen and oxygen atoms in total. The monoisotopic (exact) mass is 286 g/mol. The van der Waals surface area contributed by atoms with Crippen LogP contribution in [0.1, 0.15) is 25.8 Å². The summed E-state index contributed by atoms with van der Waals surface area (Å²) in [7, 11) is 0. The van der Waals surface area contributed by atoms with E-state index in [4.69, 9.17) is 0 Å². The predicted molar refractivity (Wildman–Crippen MR) is 64.7 cm³/mol. The highest BCUT2D eigenvalue weighted by molar-refractivity contribution is 9.10. The van der Waals surface area contributed by atoms with Crippen LogP contribution in [-0.2, 0) is 4.79 Å². The molecule has 0 aliphatic heterocycles. The molecule has 1 aromatic rings. The molecule has 0 radical (unpaired) electrons. The van der Waals surface area contributed by atoms with Crippen LogP contribution in [0.5, 0.6) is 0 Å². The quantitative estimate of drug-likeness (QED) is 0.674. The number of hydrogen-bond acceptors (Lipinski definition) is 2. The Hall–Kier alpha value is -1.23. The van der Waals surface area contributed by atoms with Crippen LogP contribution in [0.15, 0.2) is 27.8 Å². The van der Waals surface area contributed by atoms with Crippen LogP contribution in [0.3, 0.4) is 0 Å². The molecule has 0 aromatic heterocycles. The van der Waals surface area contributed by atoms with E-state index in [9.17, 15) is 9.18 Å². The summed E-state index contributed by atoms with van der Waals surface area (Å²) in [5.41, 5.74) is 3.14. The fourth-order valence-electron chi connectivity index (χ4n) is 1.06. The lowest BCUT2D eigenvalue weighted by Crippen LogP contribution is -2.18. The zero-order chi connectivity index (χ0) is 12.1. The number of halogens is 2. The summed E-state index contributed by atoms with van der Waals surface area (Å²) < 4.78 is 14.2. The number of rotatable bonds is 3. The topological polar surface area (TPSA) is 41.5 Å². The van der Waals surface area contributed by atoms with Crippen molar-refractivity contribution in [3.05, 3.63) is 34.1 Å². The minimum Gasteiger partial charge on any atom is -0.273 e. The van der Waals surface area contributed by atoms with E-state index in [1.165, 1.54) is 6.07 Å². The molecule has 0 aliphatic rings. The first-order valence-corrected chi connectivity index (χ1v) is 5.62. The van der Waals surface area contributed by atoms with Crippen molar-refractivity contribution in [2.75, 3.05) is 0 Å². The number of hydrazone groups is 1. The van der Waals surface area contributed by atoms with Crippen LogP contribution in [-0.4, -0.2) is 11.6 Å². The fraction of sp³-hybridized carbons (Fsp3) is 0.273. The summed E-state index contributed by atoms with van der Waals surface area (Å²) in [5.74, 6) is -0.565. The molecule has 0 fully saturated rings. The molecular weight excluding hydrogens is 275 g/mol. The first-order valence-electron chi connectivity index (χ1n) is 4.83. The van der Waals surface area contributed by atoms with Crippen LogP contribution in [0.25, 0.3) is 0 Å². The first-order chi connectivity index (χ1) is 7.54. The van der Waals surface area contributed by atoms with Crippen molar-refractivity contribution in [1.82, 2.24) is 5.43 Å². The van der Waals surface area contributed by atoms with Crippen molar-refractivity contribution in [2.45, 2.75) is 20.3 Å². The van der Waals surface area contributed by atoms with E-state index in [1.807, 2.05) is 0 Å². The van der Waals surface area contributed by atoms with Crippen LogP contribution in [0.4, 0.5) is 4.39 Å². The first kappa shape index (κ1) is 12.8. The molecule has 0 unspecified atom stereocenters. The number of benzene rings is 1. The maximum atomic E-state index is 13.4. The Kier molecular flexibility index (Phi) is 4.61. The molecule has 0 spiro atoms. The van der Waals surface area contributed by atoms with Gasteiger partial charge in [-0.3, -0.25) is 4.79 Å². The highest BCUT2D eigenvalue weighted by Gasteiger charge is 2.06. The van der Waals surface area contributed by atoms with Crippen molar-refractivity contribution in [3.63, 3.8) is 0 Å². The molecule has 86 valence electrons. The van der Waals surface area contributed by atoms with E-state index in [2.05, 4.69) is 26.5 Å². The second-order valence-electron chi connectivity index (χ2n) is 3.21. The Morgan fingerprint density at radius 2 is 2.25 bits per heavy atom. The van der Waals surface area contributed by atoms with Crippen LogP contribution in [0, 0.1) is 5.82 Å². The van der Waals surface area contributed by atoms with Gasteiger partial charge in [0.2, 0.25) is 5.91 Å². The Morgan fingerprint density at radius 3 is 2.88 bits per heavy atom. The third-order valence-corrected chi connectivity index (χ3v) is 2.48. The minimum atomic E-state index is -0.366. The van der Waals surface area contributed by atoms with Gasteiger partial charge in [0.1, 0.15) is 5.82 Å². The van der Waals surface area contributed by atoms with Gasteiger partial charge in [-0.25, -0.2) is 9.82 Å². The molecule has 16 heavy (non-hydrogen) atoms. The number of amides is 1. The second kappa shape index (κ2) is 5.75. The Morgan fingerprint density at radius 1 is 1.56 bits per heavy atom. The Labute approximate surface area is 102 Å². The van der Waals surface area contributed by atoms with E-state index in [-0.39, 0.29) is 11.7 Å². The summed E-state index contributed by atoms with van der Waals surface area (Å²) in [6.45, 7) is 3.36. The van der Waals surface area contributed by atoms with Crippen LogP contribution < -0.4 is 5.43 Å². The van der Waals surface area contributed by atoms with Crippen molar-refractivity contribution < 1.29 is 9.18 Å². The van der Waals surface area contributed by atoms with Gasteiger partial charge in [0, 0.05) is 16.5 Å². The number of nitrogens with zero attached hydrogens (tertiary/aromatic N) is 1. The molecule has 1 rings (SSSR count). The van der Waals surface area contributed by atoms with E-state index in [0.29, 0.717) is 17.7 Å². The van der Waals surface area contributed by atoms with E-state index < -0.39 is 0 Å². The summed E-state index contributed by atoms with van der Waals surface area (Å²) >= 11 is 3.25. The summed E-state index contributed by atoms with van der Waals surface area (Å²) in [4.78, 5) is 11.0. The molecular formula is C11H12BrFN2O. The van der Waals surface area contributed by atoms with Gasteiger partial charge in [0.15, 0.2) is 0 Å². The van der Waals surface area contributed by atoms with E-state index in [0.717, 1.165) is 4.47 Å². The molecule has 0 heterocycles. The van der Waals surface area contributed by atoms with Crippen molar-refractivity contribution in [3.8, 4) is 0 Å². The molecule has 0 saturated carbocycles. The smallest absolute Gasteiger partial charge is 0.239 e. The van der Waals surface area contributed by atoms with Crippen molar-refractivity contribution in [1.29, 1.82) is 0 Å². The molecule has 0 aliphatic carbocycles. The molecule has 1 N–H and O–H groups in total. The average Bonchev–Trinajstić information content (AvgIpc) is 2.28. The lowest BCUT2D eigenvalue weighted by molar-refractivity contribution is -0.120. The summed E-state index contributed by atoms with van der Waals surface area (Å²) in [6.07, 6.45) is 0.345. The van der Waals surface area contributed by atoms with Gasteiger partial charge < -0.3 is 0 Å². The van der Waals surface area contributed by atoms with Gasteiger partial charge in [-0.05, 0) is 25.1 Å². The standard InChI is InChI=1S/C11H12BrFN2O/c1-3-11(16)15-14-7(2)9-6-8(12)4-5-10(9)13/h4-6H,3H2,1-2H3,(H,15,16)/b14-7+. The Bertz CT molecular complexity index is 432. The van der Waals surface area contributed by atoms with Gasteiger partial charge in [-0.2, -0.15) is 5.10 Å². The number of carbonyl (C=O) groups excluding carboxylic acids is 1. The molecule has 0 bridgehead atoms. The van der Waals surface area contributed by atoms with Gasteiger partial charge >= 0.3 is 0 Å². The molecule has 1 amide bonds. The summed E-state index contributed by atoms with van der Waals surface area (Å²) in [6, 6.07) is 4.57. The number of carbonyl (C=O) groups is 1. The lowest BCUT2D eigenvalue weighted by atomic mass is 10.1. The third kappa shape index (κ3) is 3.41. The summed E-state index contributed by atoms with van der Waals surface area (Å²) in [5, 5.41) is 3.82. The molecule has 0 atom stereocenters. The maximum absolute atomic E-state index is 13.4. The van der Waals surface area contributed by atoms with Crippen LogP contribution >= 0.6 is 15.9 Å². The van der Waals surface area contributed by atoms with Gasteiger partial charge in [0.05, 0.1) is 5.71 Å². The number of hydrogen-bond donors (Lipinski definition) is 1. The SMILES string of the molecule is CCC(=O)N/N=C(\C)c1cc(Br)ccc1F. The Balaban J connectivity index is 2.91. The second-order valence-corrected chi connectivity index (χ2v) is 4.13. The molecule has 0 saturated heterocycles. The highest BCUT2D eigenvalue weighted by Crippen LogP contribution is 2.16. The average molecular weight is 287 g/mol. The number of nitrogens with one attached hydrogen (secondary N) is 1. The predicted octanol–water partition coefficient (Wildman–Crippen LogP) is 2.84.